The molecule has 0 unspecified atom stereocenters. The van der Waals surface area contributed by atoms with Crippen molar-refractivity contribution in [2.24, 2.45) is 0 Å². The van der Waals surface area contributed by atoms with Gasteiger partial charge >= 0.3 is 6.18 Å². The van der Waals surface area contributed by atoms with Crippen molar-refractivity contribution < 1.29 is 17.7 Å². The molecule has 1 aromatic heterocycles. The van der Waals surface area contributed by atoms with E-state index in [4.69, 9.17) is 4.52 Å². The molecule has 0 fully saturated rings. The maximum Gasteiger partial charge on any atom is 0.422 e. The minimum Gasteiger partial charge on any atom is -0.355 e. The van der Waals surface area contributed by atoms with Crippen molar-refractivity contribution in [2.75, 3.05) is 0 Å². The molecule has 0 amide bonds. The van der Waals surface area contributed by atoms with Crippen LogP contribution in [0.3, 0.4) is 0 Å². The maximum absolute atomic E-state index is 13.5. The molecule has 0 saturated heterocycles. The second-order valence-corrected chi connectivity index (χ2v) is 4.91. The molecule has 0 bridgehead atoms. The van der Waals surface area contributed by atoms with Gasteiger partial charge in [0.15, 0.2) is 5.76 Å². The van der Waals surface area contributed by atoms with Gasteiger partial charge in [-0.25, -0.2) is 0 Å². The van der Waals surface area contributed by atoms with Crippen LogP contribution in [0, 0.1) is 6.92 Å². The van der Waals surface area contributed by atoms with Gasteiger partial charge in [-0.3, -0.25) is 0 Å². The van der Waals surface area contributed by atoms with Gasteiger partial charge in [-0.15, -0.1) is 0 Å². The molecule has 1 heterocycles. The Morgan fingerprint density at radius 1 is 0.909 bits per heavy atom. The molecule has 0 atom stereocenters. The summed E-state index contributed by atoms with van der Waals surface area (Å²) in [6, 6.07) is 15.0. The van der Waals surface area contributed by atoms with E-state index in [1.54, 1.807) is 61.5 Å². The summed E-state index contributed by atoms with van der Waals surface area (Å²) in [5.41, 5.74) is 0.460. The van der Waals surface area contributed by atoms with Crippen molar-refractivity contribution in [1.29, 1.82) is 0 Å². The SMILES string of the molecule is Cc1ccccc1-c1noc(-c2ccccc2)c1C(F)(F)F. The lowest BCUT2D eigenvalue weighted by atomic mass is 9.99. The predicted molar refractivity (Wildman–Crippen MR) is 77.1 cm³/mol. The van der Waals surface area contributed by atoms with Gasteiger partial charge in [0, 0.05) is 11.1 Å². The second kappa shape index (κ2) is 5.33. The third kappa shape index (κ3) is 2.50. The highest BCUT2D eigenvalue weighted by Gasteiger charge is 2.41. The topological polar surface area (TPSA) is 26.0 Å². The van der Waals surface area contributed by atoms with E-state index in [2.05, 4.69) is 5.16 Å². The van der Waals surface area contributed by atoms with Crippen LogP contribution in [0.1, 0.15) is 11.1 Å². The van der Waals surface area contributed by atoms with Crippen LogP contribution in [-0.4, -0.2) is 5.16 Å². The van der Waals surface area contributed by atoms with Crippen LogP contribution in [0.4, 0.5) is 13.2 Å². The van der Waals surface area contributed by atoms with Crippen LogP contribution in [0.5, 0.6) is 0 Å². The minimum atomic E-state index is -4.55. The van der Waals surface area contributed by atoms with Crippen LogP contribution in [0.2, 0.25) is 0 Å². The summed E-state index contributed by atoms with van der Waals surface area (Å²) in [4.78, 5) is 0. The molecule has 3 aromatic rings. The van der Waals surface area contributed by atoms with Crippen LogP contribution in [0.25, 0.3) is 22.6 Å². The number of hydrogen-bond donors (Lipinski definition) is 0. The number of nitrogens with zero attached hydrogens (tertiary/aromatic N) is 1. The Kier molecular flexibility index (Phi) is 3.48. The van der Waals surface area contributed by atoms with Gasteiger partial charge in [-0.05, 0) is 12.5 Å². The van der Waals surface area contributed by atoms with E-state index in [0.29, 0.717) is 16.7 Å². The summed E-state index contributed by atoms with van der Waals surface area (Å²) in [6.07, 6.45) is -4.55. The van der Waals surface area contributed by atoms with E-state index in [0.717, 1.165) is 0 Å². The first kappa shape index (κ1) is 14.4. The summed E-state index contributed by atoms with van der Waals surface area (Å²) in [5.74, 6) is -0.258. The largest absolute Gasteiger partial charge is 0.422 e. The van der Waals surface area contributed by atoms with Crippen molar-refractivity contribution in [3.63, 3.8) is 0 Å². The van der Waals surface area contributed by atoms with Crippen molar-refractivity contribution in [2.45, 2.75) is 13.1 Å². The summed E-state index contributed by atoms with van der Waals surface area (Å²) in [5, 5.41) is 3.70. The average molecular weight is 303 g/mol. The first-order chi connectivity index (χ1) is 10.5. The molecule has 0 radical (unpaired) electrons. The highest BCUT2D eigenvalue weighted by molar-refractivity contribution is 5.75. The lowest BCUT2D eigenvalue weighted by Crippen LogP contribution is -2.07. The summed E-state index contributed by atoms with van der Waals surface area (Å²) < 4.78 is 45.7. The molecule has 0 saturated carbocycles. The van der Waals surface area contributed by atoms with Crippen molar-refractivity contribution >= 4 is 0 Å². The molecule has 5 heteroatoms. The molecule has 3 rings (SSSR count). The number of hydrogen-bond acceptors (Lipinski definition) is 2. The molecule has 0 aliphatic carbocycles. The average Bonchev–Trinajstić information content (AvgIpc) is 2.93. The second-order valence-electron chi connectivity index (χ2n) is 4.91. The van der Waals surface area contributed by atoms with E-state index in [1.807, 2.05) is 0 Å². The first-order valence-corrected chi connectivity index (χ1v) is 6.67. The highest BCUT2D eigenvalue weighted by atomic mass is 19.4. The van der Waals surface area contributed by atoms with E-state index < -0.39 is 11.7 Å². The van der Waals surface area contributed by atoms with Gasteiger partial charge in [0.05, 0.1) is 0 Å². The third-order valence-corrected chi connectivity index (χ3v) is 3.41. The summed E-state index contributed by atoms with van der Waals surface area (Å²) in [6.45, 7) is 1.74. The summed E-state index contributed by atoms with van der Waals surface area (Å²) in [7, 11) is 0. The van der Waals surface area contributed by atoms with Crippen LogP contribution in [0.15, 0.2) is 59.1 Å². The lowest BCUT2D eigenvalue weighted by molar-refractivity contribution is -0.136. The summed E-state index contributed by atoms with van der Waals surface area (Å²) >= 11 is 0. The third-order valence-electron chi connectivity index (χ3n) is 3.41. The quantitative estimate of drug-likeness (QED) is 0.639. The number of benzene rings is 2. The Morgan fingerprint density at radius 2 is 1.55 bits per heavy atom. The van der Waals surface area contributed by atoms with E-state index in [1.165, 1.54) is 0 Å². The van der Waals surface area contributed by atoms with Crippen molar-refractivity contribution in [3.8, 4) is 22.6 Å². The Labute approximate surface area is 125 Å². The Hall–Kier alpha value is -2.56. The molecule has 0 aliphatic rings. The van der Waals surface area contributed by atoms with Gasteiger partial charge in [0.25, 0.3) is 0 Å². The van der Waals surface area contributed by atoms with Gasteiger partial charge in [0.2, 0.25) is 0 Å². The number of aromatic nitrogens is 1. The molecule has 2 nitrogen and oxygen atoms in total. The number of aryl methyl sites for hydroxylation is 1. The van der Waals surface area contributed by atoms with Crippen LogP contribution < -0.4 is 0 Å². The first-order valence-electron chi connectivity index (χ1n) is 6.67. The molecular weight excluding hydrogens is 291 g/mol. The maximum atomic E-state index is 13.5. The molecular formula is C17H12F3NO. The molecule has 2 aromatic carbocycles. The fourth-order valence-corrected chi connectivity index (χ4v) is 2.36. The highest BCUT2D eigenvalue weighted by Crippen LogP contribution is 2.43. The molecule has 0 N–H and O–H groups in total. The Balaban J connectivity index is 2.26. The number of alkyl halides is 3. The zero-order valence-electron chi connectivity index (χ0n) is 11.7. The van der Waals surface area contributed by atoms with Crippen LogP contribution >= 0.6 is 0 Å². The van der Waals surface area contributed by atoms with E-state index in [-0.39, 0.29) is 11.5 Å². The number of rotatable bonds is 2. The predicted octanol–water partition coefficient (Wildman–Crippen LogP) is 5.34. The van der Waals surface area contributed by atoms with E-state index >= 15 is 0 Å². The smallest absolute Gasteiger partial charge is 0.355 e. The number of halogens is 3. The zero-order valence-corrected chi connectivity index (χ0v) is 11.7. The van der Waals surface area contributed by atoms with Crippen LogP contribution in [-0.2, 0) is 6.18 Å². The van der Waals surface area contributed by atoms with Crippen molar-refractivity contribution in [1.82, 2.24) is 5.16 Å². The molecule has 0 aliphatic heterocycles. The molecule has 0 spiro atoms. The van der Waals surface area contributed by atoms with Gasteiger partial charge < -0.3 is 4.52 Å². The molecule has 112 valence electrons. The molecule has 22 heavy (non-hydrogen) atoms. The van der Waals surface area contributed by atoms with Gasteiger partial charge in [-0.1, -0.05) is 59.8 Å². The van der Waals surface area contributed by atoms with Gasteiger partial charge in [0.1, 0.15) is 11.3 Å². The fraction of sp³-hybridized carbons (Fsp3) is 0.118. The Bertz CT molecular complexity index is 791. The zero-order chi connectivity index (χ0) is 15.7. The minimum absolute atomic E-state index is 0.176. The monoisotopic (exact) mass is 303 g/mol. The van der Waals surface area contributed by atoms with Crippen molar-refractivity contribution in [3.05, 3.63) is 65.7 Å². The fourth-order valence-electron chi connectivity index (χ4n) is 2.36. The van der Waals surface area contributed by atoms with E-state index in [9.17, 15) is 13.2 Å². The lowest BCUT2D eigenvalue weighted by Gasteiger charge is -2.09. The van der Waals surface area contributed by atoms with Gasteiger partial charge in [-0.2, -0.15) is 13.2 Å². The Morgan fingerprint density at radius 3 is 2.18 bits per heavy atom. The normalized spacial score (nSPS) is 11.6. The standard InChI is InChI=1S/C17H12F3NO/c1-11-7-5-6-10-13(11)15-14(17(18,19)20)16(22-21-15)12-8-3-2-4-9-12/h2-10H,1H3.